The summed E-state index contributed by atoms with van der Waals surface area (Å²) in [6.07, 6.45) is 0. The van der Waals surface area contributed by atoms with Gasteiger partial charge in [0.15, 0.2) is 9.84 Å². The minimum Gasteiger partial charge on any atom is -0.480 e. The number of nitro benzene ring substituents is 1. The molecule has 1 atom stereocenters. The van der Waals surface area contributed by atoms with Gasteiger partial charge in [0, 0.05) is 6.07 Å². The van der Waals surface area contributed by atoms with E-state index in [9.17, 15) is 28.4 Å². The molecule has 0 fully saturated rings. The zero-order valence-electron chi connectivity index (χ0n) is 13.0. The number of carboxylic acid groups (broad SMARTS) is 1. The summed E-state index contributed by atoms with van der Waals surface area (Å²) in [5, 5.41) is 22.7. The van der Waals surface area contributed by atoms with E-state index in [0.717, 1.165) is 0 Å². The van der Waals surface area contributed by atoms with Crippen molar-refractivity contribution in [3.63, 3.8) is 0 Å². The van der Waals surface area contributed by atoms with E-state index in [4.69, 9.17) is 0 Å². The number of carboxylic acids is 1. The van der Waals surface area contributed by atoms with Gasteiger partial charge in [-0.05, 0) is 11.6 Å². The molecular weight excluding hydrogens is 348 g/mol. The Morgan fingerprint density at radius 2 is 1.72 bits per heavy atom. The smallest absolute Gasteiger partial charge is 0.327 e. The molecule has 8 nitrogen and oxygen atoms in total. The van der Waals surface area contributed by atoms with Crippen LogP contribution in [0.2, 0.25) is 0 Å². The first-order chi connectivity index (χ1) is 11.8. The first kappa shape index (κ1) is 18.4. The van der Waals surface area contributed by atoms with Crippen LogP contribution in [0.15, 0.2) is 54.6 Å². The number of nitrogens with one attached hydrogen (secondary N) is 1. The Labute approximate surface area is 144 Å². The summed E-state index contributed by atoms with van der Waals surface area (Å²) in [5.74, 6) is -2.41. The van der Waals surface area contributed by atoms with E-state index >= 15 is 0 Å². The summed E-state index contributed by atoms with van der Waals surface area (Å²) >= 11 is 0. The first-order valence-corrected chi connectivity index (χ1v) is 9.08. The molecule has 0 aliphatic carbocycles. The van der Waals surface area contributed by atoms with Crippen LogP contribution in [0.1, 0.15) is 5.56 Å². The summed E-state index contributed by atoms with van der Waals surface area (Å²) in [6.45, 7) is 0. The van der Waals surface area contributed by atoms with Crippen LogP contribution < -0.4 is 5.32 Å². The first-order valence-electron chi connectivity index (χ1n) is 7.25. The number of aliphatic carboxylic acids is 1. The van der Waals surface area contributed by atoms with Crippen LogP contribution in [0.25, 0.3) is 0 Å². The number of nitrogens with zero attached hydrogens (tertiary/aromatic N) is 1. The number of nitro groups is 1. The Hall–Kier alpha value is -2.94. The molecule has 0 radical (unpaired) electrons. The number of carbonyl (C=O) groups is 1. The molecule has 2 aromatic carbocycles. The molecule has 0 heterocycles. The molecule has 1 unspecified atom stereocenters. The molecule has 0 aliphatic heterocycles. The molecule has 0 saturated heterocycles. The van der Waals surface area contributed by atoms with E-state index in [2.05, 4.69) is 5.32 Å². The molecule has 0 aromatic heterocycles. The van der Waals surface area contributed by atoms with Crippen molar-refractivity contribution in [2.75, 3.05) is 11.1 Å². The third-order valence-corrected chi connectivity index (χ3v) is 4.99. The van der Waals surface area contributed by atoms with Crippen LogP contribution in [0, 0.1) is 10.1 Å². The van der Waals surface area contributed by atoms with Gasteiger partial charge in [-0.15, -0.1) is 0 Å². The van der Waals surface area contributed by atoms with Gasteiger partial charge < -0.3 is 10.4 Å². The fourth-order valence-corrected chi connectivity index (χ4v) is 3.81. The highest BCUT2D eigenvalue weighted by molar-refractivity contribution is 7.90. The Bertz CT molecular complexity index is 867. The number of para-hydroxylation sites is 2. The van der Waals surface area contributed by atoms with Crippen LogP contribution in [0.3, 0.4) is 0 Å². The standard InChI is InChI=1S/C16H16N2O6S/c19-16(20)14(17-13-8-4-5-9-15(13)18(21)22)11-25(23,24)10-12-6-2-1-3-7-12/h1-9,14,17H,10-11H2,(H,19,20). The highest BCUT2D eigenvalue weighted by Crippen LogP contribution is 2.24. The van der Waals surface area contributed by atoms with Crippen molar-refractivity contribution in [3.05, 3.63) is 70.3 Å². The molecule has 132 valence electrons. The highest BCUT2D eigenvalue weighted by Gasteiger charge is 2.27. The van der Waals surface area contributed by atoms with Gasteiger partial charge in [0.25, 0.3) is 5.69 Å². The van der Waals surface area contributed by atoms with Gasteiger partial charge in [0.05, 0.1) is 16.4 Å². The van der Waals surface area contributed by atoms with Gasteiger partial charge in [-0.25, -0.2) is 13.2 Å². The fourth-order valence-electron chi connectivity index (χ4n) is 2.26. The minimum atomic E-state index is -3.75. The van der Waals surface area contributed by atoms with Gasteiger partial charge in [-0.3, -0.25) is 10.1 Å². The van der Waals surface area contributed by atoms with E-state index in [1.54, 1.807) is 30.3 Å². The number of anilines is 1. The molecule has 0 saturated carbocycles. The van der Waals surface area contributed by atoms with Crippen molar-refractivity contribution in [3.8, 4) is 0 Å². The second kappa shape index (κ2) is 7.75. The maximum absolute atomic E-state index is 12.3. The monoisotopic (exact) mass is 364 g/mol. The third kappa shape index (κ3) is 5.28. The molecule has 2 rings (SSSR count). The van der Waals surface area contributed by atoms with Crippen LogP contribution in [-0.2, 0) is 20.4 Å². The van der Waals surface area contributed by atoms with Crippen molar-refractivity contribution in [1.82, 2.24) is 0 Å². The molecule has 25 heavy (non-hydrogen) atoms. The average Bonchev–Trinajstić information content (AvgIpc) is 2.54. The lowest BCUT2D eigenvalue weighted by atomic mass is 10.2. The lowest BCUT2D eigenvalue weighted by Crippen LogP contribution is -2.37. The second-order valence-corrected chi connectivity index (χ2v) is 7.46. The minimum absolute atomic E-state index is 0.0465. The van der Waals surface area contributed by atoms with Crippen LogP contribution in [0.4, 0.5) is 11.4 Å². The number of hydrogen-bond donors (Lipinski definition) is 2. The van der Waals surface area contributed by atoms with Gasteiger partial charge in [-0.2, -0.15) is 0 Å². The molecule has 2 N–H and O–H groups in total. The molecule has 0 spiro atoms. The lowest BCUT2D eigenvalue weighted by Gasteiger charge is -2.16. The Kier molecular flexibility index (Phi) is 5.71. The molecule has 0 aliphatic rings. The summed E-state index contributed by atoms with van der Waals surface area (Å²) in [5.41, 5.74) is 0.168. The quantitative estimate of drug-likeness (QED) is 0.542. The Balaban J connectivity index is 2.19. The lowest BCUT2D eigenvalue weighted by molar-refractivity contribution is -0.384. The van der Waals surface area contributed by atoms with Gasteiger partial charge in [0.2, 0.25) is 0 Å². The number of benzene rings is 2. The summed E-state index contributed by atoms with van der Waals surface area (Å²) < 4.78 is 24.6. The number of rotatable bonds is 8. The zero-order chi connectivity index (χ0) is 18.4. The second-order valence-electron chi connectivity index (χ2n) is 5.35. The van der Waals surface area contributed by atoms with E-state index in [0.29, 0.717) is 5.56 Å². The van der Waals surface area contributed by atoms with Crippen molar-refractivity contribution >= 4 is 27.2 Å². The van der Waals surface area contributed by atoms with E-state index in [1.165, 1.54) is 24.3 Å². The molecular formula is C16H16N2O6S. The molecule has 2 aromatic rings. The Morgan fingerprint density at radius 3 is 2.32 bits per heavy atom. The van der Waals surface area contributed by atoms with Gasteiger partial charge in [0.1, 0.15) is 11.7 Å². The maximum atomic E-state index is 12.3. The largest absolute Gasteiger partial charge is 0.480 e. The SMILES string of the molecule is O=C(O)C(CS(=O)(=O)Cc1ccccc1)Nc1ccccc1[N+](=O)[O-]. The van der Waals surface area contributed by atoms with Crippen molar-refractivity contribution in [1.29, 1.82) is 0 Å². The topological polar surface area (TPSA) is 127 Å². The molecule has 0 amide bonds. The predicted molar refractivity (Wildman–Crippen MR) is 92.1 cm³/mol. The van der Waals surface area contributed by atoms with Crippen LogP contribution >= 0.6 is 0 Å². The molecule has 0 bridgehead atoms. The third-order valence-electron chi connectivity index (χ3n) is 3.38. The van der Waals surface area contributed by atoms with Crippen molar-refractivity contribution < 1.29 is 23.2 Å². The van der Waals surface area contributed by atoms with Gasteiger partial charge in [-0.1, -0.05) is 42.5 Å². The summed E-state index contributed by atoms with van der Waals surface area (Å²) in [4.78, 5) is 21.8. The number of hydrogen-bond acceptors (Lipinski definition) is 6. The summed E-state index contributed by atoms with van der Waals surface area (Å²) in [6, 6.07) is 12.3. The van der Waals surface area contributed by atoms with Crippen molar-refractivity contribution in [2.24, 2.45) is 0 Å². The van der Waals surface area contributed by atoms with Gasteiger partial charge >= 0.3 is 5.97 Å². The fraction of sp³-hybridized carbons (Fsp3) is 0.188. The summed E-state index contributed by atoms with van der Waals surface area (Å²) in [7, 11) is -3.75. The number of sulfone groups is 1. The van der Waals surface area contributed by atoms with E-state index in [-0.39, 0.29) is 17.1 Å². The predicted octanol–water partition coefficient (Wildman–Crippen LogP) is 2.07. The normalized spacial score (nSPS) is 12.3. The van der Waals surface area contributed by atoms with Crippen molar-refractivity contribution in [2.45, 2.75) is 11.8 Å². The highest BCUT2D eigenvalue weighted by atomic mass is 32.2. The average molecular weight is 364 g/mol. The van der Waals surface area contributed by atoms with Crippen LogP contribution in [0.5, 0.6) is 0 Å². The Morgan fingerprint density at radius 1 is 1.12 bits per heavy atom. The van der Waals surface area contributed by atoms with E-state index < -0.39 is 32.5 Å². The van der Waals surface area contributed by atoms with Crippen LogP contribution in [-0.4, -0.2) is 36.2 Å². The molecule has 9 heteroatoms. The zero-order valence-corrected chi connectivity index (χ0v) is 13.8. The maximum Gasteiger partial charge on any atom is 0.327 e. The van der Waals surface area contributed by atoms with E-state index in [1.807, 2.05) is 0 Å².